The van der Waals surface area contributed by atoms with Crippen molar-refractivity contribution in [3.8, 4) is 10.6 Å². The van der Waals surface area contributed by atoms with E-state index in [0.29, 0.717) is 28.1 Å². The van der Waals surface area contributed by atoms with Gasteiger partial charge in [0, 0.05) is 42.4 Å². The molecule has 1 N–H and O–H groups in total. The van der Waals surface area contributed by atoms with Crippen molar-refractivity contribution in [1.82, 2.24) is 15.0 Å². The lowest BCUT2D eigenvalue weighted by Gasteiger charge is -2.35. The van der Waals surface area contributed by atoms with Crippen molar-refractivity contribution in [3.63, 3.8) is 0 Å². The Morgan fingerprint density at radius 2 is 1.88 bits per heavy atom. The van der Waals surface area contributed by atoms with Crippen molar-refractivity contribution < 1.29 is 9.32 Å². The Hall–Kier alpha value is -3.23. The number of anilines is 2. The van der Waals surface area contributed by atoms with Crippen molar-refractivity contribution in [2.24, 2.45) is 0 Å². The Balaban J connectivity index is 1.42. The number of carbonyl (C=O) groups excluding carboxylic acids is 1. The van der Waals surface area contributed by atoms with E-state index in [1.807, 2.05) is 38.1 Å². The zero-order chi connectivity index (χ0) is 23.8. The van der Waals surface area contributed by atoms with Gasteiger partial charge in [0.25, 0.3) is 11.6 Å². The molecule has 4 heterocycles. The molecule has 1 aliphatic heterocycles. The van der Waals surface area contributed by atoms with Crippen LogP contribution in [-0.2, 0) is 0 Å². The van der Waals surface area contributed by atoms with Crippen LogP contribution in [0.4, 0.5) is 11.4 Å². The van der Waals surface area contributed by atoms with Gasteiger partial charge in [-0.1, -0.05) is 12.1 Å². The fraction of sp³-hybridized carbons (Fsp3) is 0.346. The summed E-state index contributed by atoms with van der Waals surface area (Å²) < 4.78 is 5.44. The third kappa shape index (κ3) is 4.31. The van der Waals surface area contributed by atoms with Gasteiger partial charge in [-0.25, -0.2) is 4.98 Å². The first-order valence-electron chi connectivity index (χ1n) is 11.7. The van der Waals surface area contributed by atoms with E-state index >= 15 is 0 Å². The average molecular weight is 476 g/mol. The molecule has 4 aromatic rings. The Bertz CT molecular complexity index is 1350. The molecular weight excluding hydrogens is 446 g/mol. The second-order valence-electron chi connectivity index (χ2n) is 8.79. The normalized spacial score (nSPS) is 14.6. The van der Waals surface area contributed by atoms with Crippen LogP contribution in [0.15, 0.2) is 40.9 Å². The number of aryl methyl sites for hydroxylation is 3. The fourth-order valence-corrected chi connectivity index (χ4v) is 5.30. The molecule has 34 heavy (non-hydrogen) atoms. The second-order valence-corrected chi connectivity index (χ2v) is 10.1. The number of hydrogen-bond donors (Lipinski definition) is 1. The molecule has 1 saturated heterocycles. The van der Waals surface area contributed by atoms with E-state index in [4.69, 9.17) is 4.52 Å². The van der Waals surface area contributed by atoms with Crippen LogP contribution in [0.1, 0.15) is 33.4 Å². The highest BCUT2D eigenvalue weighted by Crippen LogP contribution is 2.32. The molecule has 1 fully saturated rings. The van der Waals surface area contributed by atoms with Gasteiger partial charge in [-0.05, 0) is 69.3 Å². The highest BCUT2D eigenvalue weighted by Gasteiger charge is 2.21. The first-order chi connectivity index (χ1) is 16.4. The van der Waals surface area contributed by atoms with Gasteiger partial charge in [0.05, 0.1) is 27.2 Å². The van der Waals surface area contributed by atoms with E-state index in [9.17, 15) is 4.79 Å². The summed E-state index contributed by atoms with van der Waals surface area (Å²) in [5.74, 6) is -0.194. The van der Waals surface area contributed by atoms with Crippen molar-refractivity contribution in [3.05, 3.63) is 58.1 Å². The van der Waals surface area contributed by atoms with Crippen LogP contribution in [0.5, 0.6) is 0 Å². The summed E-state index contributed by atoms with van der Waals surface area (Å²) in [6.45, 7) is 13.4. The van der Waals surface area contributed by atoms with Crippen LogP contribution < -0.4 is 10.2 Å². The van der Waals surface area contributed by atoms with E-state index < -0.39 is 0 Å². The molecule has 3 aromatic heterocycles. The van der Waals surface area contributed by atoms with E-state index in [0.717, 1.165) is 48.9 Å². The molecule has 0 spiro atoms. The van der Waals surface area contributed by atoms with E-state index in [2.05, 4.69) is 51.2 Å². The van der Waals surface area contributed by atoms with Crippen LogP contribution in [-0.4, -0.2) is 53.7 Å². The molecule has 176 valence electrons. The monoisotopic (exact) mass is 475 g/mol. The van der Waals surface area contributed by atoms with E-state index in [-0.39, 0.29) is 5.91 Å². The SMILES string of the molecule is CCN1CCN(c2ccc(NC(=O)c3cc(-c4ccc(C)s4)nc4onc(C)c34)c(C)c2)CC1. The van der Waals surface area contributed by atoms with Gasteiger partial charge < -0.3 is 19.6 Å². The third-order valence-electron chi connectivity index (χ3n) is 6.50. The molecule has 0 unspecified atom stereocenters. The zero-order valence-electron chi connectivity index (χ0n) is 20.0. The molecule has 5 rings (SSSR count). The molecule has 1 aromatic carbocycles. The summed E-state index contributed by atoms with van der Waals surface area (Å²) in [7, 11) is 0. The topological polar surface area (TPSA) is 74.5 Å². The smallest absolute Gasteiger partial charge is 0.259 e. The largest absolute Gasteiger partial charge is 0.369 e. The summed E-state index contributed by atoms with van der Waals surface area (Å²) in [5, 5.41) is 7.81. The quantitative estimate of drug-likeness (QED) is 0.424. The lowest BCUT2D eigenvalue weighted by molar-refractivity contribution is 0.102. The summed E-state index contributed by atoms with van der Waals surface area (Å²) >= 11 is 1.64. The standard InChI is InChI=1S/C26H29N5O2S/c1-5-30-10-12-31(13-11-30)19-7-8-21(16(2)14-19)27-25(32)20-15-22(23-9-6-17(3)34-23)28-26-24(20)18(4)29-33-26/h6-9,14-15H,5,10-13H2,1-4H3,(H,27,32). The Labute approximate surface area is 203 Å². The molecular formula is C26H29N5O2S. The third-order valence-corrected chi connectivity index (χ3v) is 7.52. The van der Waals surface area contributed by atoms with Gasteiger partial charge in [0.15, 0.2) is 0 Å². The maximum Gasteiger partial charge on any atom is 0.259 e. The van der Waals surface area contributed by atoms with Crippen molar-refractivity contribution >= 4 is 39.7 Å². The molecule has 0 aliphatic carbocycles. The van der Waals surface area contributed by atoms with E-state index in [1.165, 1.54) is 10.6 Å². The highest BCUT2D eigenvalue weighted by molar-refractivity contribution is 7.15. The van der Waals surface area contributed by atoms with E-state index in [1.54, 1.807) is 11.3 Å². The van der Waals surface area contributed by atoms with Gasteiger partial charge in [-0.15, -0.1) is 11.3 Å². The number of hydrogen-bond acceptors (Lipinski definition) is 7. The highest BCUT2D eigenvalue weighted by atomic mass is 32.1. The van der Waals surface area contributed by atoms with Crippen LogP contribution in [0.2, 0.25) is 0 Å². The van der Waals surface area contributed by atoms with Crippen molar-refractivity contribution in [2.75, 3.05) is 42.9 Å². The van der Waals surface area contributed by atoms with Crippen LogP contribution in [0, 0.1) is 20.8 Å². The minimum Gasteiger partial charge on any atom is -0.369 e. The Morgan fingerprint density at radius 3 is 2.56 bits per heavy atom. The van der Waals surface area contributed by atoms with Gasteiger partial charge >= 0.3 is 0 Å². The van der Waals surface area contributed by atoms with Gasteiger partial charge in [0.2, 0.25) is 0 Å². The van der Waals surface area contributed by atoms with Crippen LogP contribution >= 0.6 is 11.3 Å². The van der Waals surface area contributed by atoms with Crippen LogP contribution in [0.25, 0.3) is 21.7 Å². The zero-order valence-corrected chi connectivity index (χ0v) is 20.8. The first kappa shape index (κ1) is 22.6. The minimum atomic E-state index is -0.194. The maximum atomic E-state index is 13.5. The molecule has 0 radical (unpaired) electrons. The molecule has 7 nitrogen and oxygen atoms in total. The predicted molar refractivity (Wildman–Crippen MR) is 138 cm³/mol. The lowest BCUT2D eigenvalue weighted by atomic mass is 10.1. The fourth-order valence-electron chi connectivity index (χ4n) is 4.47. The summed E-state index contributed by atoms with van der Waals surface area (Å²) in [4.78, 5) is 25.1. The summed E-state index contributed by atoms with van der Waals surface area (Å²) in [6.07, 6.45) is 0. The number of carbonyl (C=O) groups is 1. The Kier molecular flexibility index (Phi) is 6.10. The summed E-state index contributed by atoms with van der Waals surface area (Å²) in [6, 6.07) is 12.1. The molecule has 8 heteroatoms. The number of nitrogens with zero attached hydrogens (tertiary/aromatic N) is 4. The Morgan fingerprint density at radius 1 is 1.09 bits per heavy atom. The number of rotatable bonds is 5. The first-order valence-corrected chi connectivity index (χ1v) is 12.5. The predicted octanol–water partition coefficient (Wildman–Crippen LogP) is 5.27. The molecule has 1 aliphatic rings. The number of aromatic nitrogens is 2. The molecule has 0 atom stereocenters. The number of benzene rings is 1. The maximum absolute atomic E-state index is 13.5. The number of pyridine rings is 1. The molecule has 1 amide bonds. The van der Waals surface area contributed by atoms with Crippen LogP contribution in [0.3, 0.4) is 0 Å². The number of amides is 1. The second kappa shape index (κ2) is 9.19. The van der Waals surface area contributed by atoms with Gasteiger partial charge in [-0.2, -0.15) is 0 Å². The number of piperazine rings is 1. The van der Waals surface area contributed by atoms with Crippen molar-refractivity contribution in [1.29, 1.82) is 0 Å². The molecule has 0 saturated carbocycles. The lowest BCUT2D eigenvalue weighted by Crippen LogP contribution is -2.46. The number of nitrogens with one attached hydrogen (secondary N) is 1. The average Bonchev–Trinajstić information content (AvgIpc) is 3.45. The summed E-state index contributed by atoms with van der Waals surface area (Å²) in [5.41, 5.74) is 5.29. The van der Waals surface area contributed by atoms with Gasteiger partial charge in [-0.3, -0.25) is 4.79 Å². The van der Waals surface area contributed by atoms with Gasteiger partial charge in [0.1, 0.15) is 0 Å². The number of fused-ring (bicyclic) bond motifs is 1. The number of likely N-dealkylation sites (N-methyl/N-ethyl adjacent to an activating group) is 1. The minimum absolute atomic E-state index is 0.194. The molecule has 0 bridgehead atoms. The number of thiophene rings is 1. The van der Waals surface area contributed by atoms with Crippen molar-refractivity contribution in [2.45, 2.75) is 27.7 Å².